The summed E-state index contributed by atoms with van der Waals surface area (Å²) in [4.78, 5) is 9.98. The molecule has 2 nitrogen and oxygen atoms in total. The van der Waals surface area contributed by atoms with Gasteiger partial charge in [0.2, 0.25) is 0 Å². The van der Waals surface area contributed by atoms with Crippen molar-refractivity contribution in [2.45, 2.75) is 20.8 Å². The smallest absolute Gasteiger partial charge is 0.0973 e. The molecule has 4 aromatic rings. The molecule has 0 bridgehead atoms. The molecule has 0 fully saturated rings. The normalized spacial score (nSPS) is 11.0. The van der Waals surface area contributed by atoms with E-state index >= 15 is 0 Å². The Hall–Kier alpha value is -3.00. The van der Waals surface area contributed by atoms with E-state index in [0.717, 1.165) is 39.1 Å². The third kappa shape index (κ3) is 2.91. The number of hydrogen-bond donors (Lipinski definition) is 0. The van der Waals surface area contributed by atoms with Gasteiger partial charge in [0.05, 0.1) is 22.4 Å². The van der Waals surface area contributed by atoms with Crippen molar-refractivity contribution < 1.29 is 0 Å². The van der Waals surface area contributed by atoms with E-state index in [1.54, 1.807) is 0 Å². The molecule has 4 rings (SSSR count). The fourth-order valence-electron chi connectivity index (χ4n) is 3.04. The van der Waals surface area contributed by atoms with Gasteiger partial charge in [-0.1, -0.05) is 71.8 Å². The maximum Gasteiger partial charge on any atom is 0.0973 e. The Morgan fingerprint density at radius 2 is 1.08 bits per heavy atom. The fourth-order valence-corrected chi connectivity index (χ4v) is 3.04. The molecule has 122 valence electrons. The molecule has 25 heavy (non-hydrogen) atoms. The van der Waals surface area contributed by atoms with Gasteiger partial charge in [-0.05, 0) is 32.4 Å². The minimum Gasteiger partial charge on any atom is -0.244 e. The highest BCUT2D eigenvalue weighted by Gasteiger charge is 2.14. The lowest BCUT2D eigenvalue weighted by Gasteiger charge is -2.12. The van der Waals surface area contributed by atoms with Crippen LogP contribution < -0.4 is 0 Å². The van der Waals surface area contributed by atoms with E-state index < -0.39 is 0 Å². The quantitative estimate of drug-likeness (QED) is 0.459. The molecule has 0 radical (unpaired) electrons. The maximum absolute atomic E-state index is 5.01. The van der Waals surface area contributed by atoms with Crippen molar-refractivity contribution in [2.75, 3.05) is 0 Å². The summed E-state index contributed by atoms with van der Waals surface area (Å²) in [5, 5.41) is 0. The minimum absolute atomic E-state index is 0.932. The molecule has 1 aromatic heterocycles. The lowest BCUT2D eigenvalue weighted by atomic mass is 10.0. The zero-order valence-corrected chi connectivity index (χ0v) is 14.7. The minimum atomic E-state index is 0.932. The molecule has 0 atom stereocenters. The largest absolute Gasteiger partial charge is 0.244 e. The Bertz CT molecular complexity index is 1050. The van der Waals surface area contributed by atoms with Gasteiger partial charge in [0.1, 0.15) is 0 Å². The van der Waals surface area contributed by atoms with E-state index in [1.165, 1.54) is 11.1 Å². The second-order valence-electron chi connectivity index (χ2n) is 6.60. The van der Waals surface area contributed by atoms with Crippen LogP contribution in [0.3, 0.4) is 0 Å². The Balaban J connectivity index is 2.03. The number of aryl methyl sites for hydroxylation is 3. The third-order valence-corrected chi connectivity index (χ3v) is 4.55. The maximum atomic E-state index is 5.01. The van der Waals surface area contributed by atoms with Gasteiger partial charge in [0.15, 0.2) is 0 Å². The topological polar surface area (TPSA) is 25.8 Å². The molecule has 1 heterocycles. The van der Waals surface area contributed by atoms with Gasteiger partial charge in [0, 0.05) is 11.1 Å². The summed E-state index contributed by atoms with van der Waals surface area (Å²) in [6.45, 7) is 6.28. The van der Waals surface area contributed by atoms with Gasteiger partial charge in [-0.15, -0.1) is 0 Å². The van der Waals surface area contributed by atoms with Gasteiger partial charge in [-0.25, -0.2) is 9.97 Å². The Morgan fingerprint density at radius 3 is 1.64 bits per heavy atom. The highest BCUT2D eigenvalue weighted by Crippen LogP contribution is 2.32. The van der Waals surface area contributed by atoms with E-state index in [-0.39, 0.29) is 0 Å². The van der Waals surface area contributed by atoms with Crippen LogP contribution >= 0.6 is 0 Å². The number of rotatable bonds is 2. The lowest BCUT2D eigenvalue weighted by Crippen LogP contribution is -1.97. The Kier molecular flexibility index (Phi) is 3.81. The first-order valence-corrected chi connectivity index (χ1v) is 8.53. The van der Waals surface area contributed by atoms with Crippen molar-refractivity contribution in [3.8, 4) is 22.5 Å². The Morgan fingerprint density at radius 1 is 0.560 bits per heavy atom. The predicted octanol–water partition coefficient (Wildman–Crippen LogP) is 5.89. The molecule has 0 aliphatic heterocycles. The number of benzene rings is 3. The third-order valence-electron chi connectivity index (χ3n) is 4.55. The molecule has 0 aliphatic carbocycles. The van der Waals surface area contributed by atoms with E-state index in [1.807, 2.05) is 12.1 Å². The number of aromatic nitrogens is 2. The van der Waals surface area contributed by atoms with Crippen LogP contribution in [0.1, 0.15) is 16.7 Å². The average Bonchev–Trinajstić information content (AvgIpc) is 2.63. The highest BCUT2D eigenvalue weighted by molar-refractivity contribution is 5.87. The van der Waals surface area contributed by atoms with Crippen molar-refractivity contribution in [1.29, 1.82) is 0 Å². The number of para-hydroxylation sites is 1. The summed E-state index contributed by atoms with van der Waals surface area (Å²) in [6, 6.07) is 23.1. The predicted molar refractivity (Wildman–Crippen MR) is 105 cm³/mol. The standard InChI is InChI=1S/C23H20N2/c1-15-7-11-18(12-8-15)22-23(19-13-9-16(2)10-14-19)25-21-17(3)5-4-6-20(21)24-22/h4-14H,1-3H3. The van der Waals surface area contributed by atoms with E-state index in [4.69, 9.17) is 9.97 Å². The van der Waals surface area contributed by atoms with Crippen LogP contribution in [0.4, 0.5) is 0 Å². The second-order valence-corrected chi connectivity index (χ2v) is 6.60. The van der Waals surface area contributed by atoms with Crippen molar-refractivity contribution in [2.24, 2.45) is 0 Å². The van der Waals surface area contributed by atoms with Crippen molar-refractivity contribution in [3.05, 3.63) is 83.4 Å². The number of hydrogen-bond acceptors (Lipinski definition) is 2. The molecular weight excluding hydrogens is 304 g/mol. The van der Waals surface area contributed by atoms with Crippen molar-refractivity contribution in [1.82, 2.24) is 9.97 Å². The van der Waals surface area contributed by atoms with E-state index in [2.05, 4.69) is 75.4 Å². The molecule has 0 unspecified atom stereocenters. The lowest BCUT2D eigenvalue weighted by molar-refractivity contribution is 1.27. The van der Waals surface area contributed by atoms with Gasteiger partial charge in [0.25, 0.3) is 0 Å². The summed E-state index contributed by atoms with van der Waals surface area (Å²) in [5.41, 5.74) is 9.59. The molecular formula is C23H20N2. The molecule has 0 saturated carbocycles. The summed E-state index contributed by atoms with van der Waals surface area (Å²) in [5.74, 6) is 0. The summed E-state index contributed by atoms with van der Waals surface area (Å²) < 4.78 is 0. The van der Waals surface area contributed by atoms with Crippen LogP contribution in [0.15, 0.2) is 66.7 Å². The number of fused-ring (bicyclic) bond motifs is 1. The summed E-state index contributed by atoms with van der Waals surface area (Å²) in [7, 11) is 0. The van der Waals surface area contributed by atoms with Crippen LogP contribution in [0.25, 0.3) is 33.5 Å². The molecule has 3 aromatic carbocycles. The monoisotopic (exact) mass is 324 g/mol. The van der Waals surface area contributed by atoms with Crippen LogP contribution in [-0.2, 0) is 0 Å². The van der Waals surface area contributed by atoms with E-state index in [9.17, 15) is 0 Å². The molecule has 0 saturated heterocycles. The summed E-state index contributed by atoms with van der Waals surface area (Å²) in [6.07, 6.45) is 0. The van der Waals surface area contributed by atoms with Crippen LogP contribution in [0.5, 0.6) is 0 Å². The first kappa shape index (κ1) is 15.5. The first-order valence-electron chi connectivity index (χ1n) is 8.53. The Labute approximate surface area is 148 Å². The zero-order chi connectivity index (χ0) is 17.4. The molecule has 0 amide bonds. The highest BCUT2D eigenvalue weighted by atomic mass is 14.8. The van der Waals surface area contributed by atoms with Crippen LogP contribution in [0, 0.1) is 20.8 Å². The van der Waals surface area contributed by atoms with E-state index in [0.29, 0.717) is 0 Å². The van der Waals surface area contributed by atoms with Gasteiger partial charge in [-0.2, -0.15) is 0 Å². The molecule has 0 N–H and O–H groups in total. The molecule has 0 spiro atoms. The summed E-state index contributed by atoms with van der Waals surface area (Å²) >= 11 is 0. The van der Waals surface area contributed by atoms with Crippen LogP contribution in [0.2, 0.25) is 0 Å². The van der Waals surface area contributed by atoms with Gasteiger partial charge >= 0.3 is 0 Å². The first-order chi connectivity index (χ1) is 12.1. The second kappa shape index (κ2) is 6.14. The van der Waals surface area contributed by atoms with Crippen molar-refractivity contribution >= 4 is 11.0 Å². The average molecular weight is 324 g/mol. The van der Waals surface area contributed by atoms with Gasteiger partial charge < -0.3 is 0 Å². The SMILES string of the molecule is Cc1ccc(-c2nc3cccc(C)c3nc2-c2ccc(C)cc2)cc1. The zero-order valence-electron chi connectivity index (χ0n) is 14.7. The fraction of sp³-hybridized carbons (Fsp3) is 0.130. The van der Waals surface area contributed by atoms with Crippen molar-refractivity contribution in [3.63, 3.8) is 0 Å². The van der Waals surface area contributed by atoms with Crippen LogP contribution in [-0.4, -0.2) is 9.97 Å². The molecule has 0 aliphatic rings. The molecule has 2 heteroatoms. The van der Waals surface area contributed by atoms with Gasteiger partial charge in [-0.3, -0.25) is 0 Å². The number of nitrogens with zero attached hydrogens (tertiary/aromatic N) is 2.